The first-order valence-corrected chi connectivity index (χ1v) is 8.16. The van der Waals surface area contributed by atoms with Crippen molar-refractivity contribution >= 4 is 36.6 Å². The van der Waals surface area contributed by atoms with Crippen LogP contribution in [0, 0.1) is 0 Å². The molecule has 27 heavy (non-hydrogen) atoms. The molecule has 0 fully saturated rings. The molecule has 0 radical (unpaired) electrons. The van der Waals surface area contributed by atoms with Crippen LogP contribution in [0.5, 0.6) is 0 Å². The molecular formula is C19H26Cl2N4O2. The van der Waals surface area contributed by atoms with Gasteiger partial charge in [-0.15, -0.1) is 24.8 Å². The van der Waals surface area contributed by atoms with Gasteiger partial charge in [-0.1, -0.05) is 30.3 Å². The van der Waals surface area contributed by atoms with Gasteiger partial charge in [-0.3, -0.25) is 14.6 Å². The van der Waals surface area contributed by atoms with E-state index in [2.05, 4.69) is 15.6 Å². The number of pyridine rings is 1. The highest BCUT2D eigenvalue weighted by Gasteiger charge is 2.23. The zero-order chi connectivity index (χ0) is 18.3. The van der Waals surface area contributed by atoms with E-state index in [4.69, 9.17) is 5.73 Å². The highest BCUT2D eigenvalue weighted by Crippen LogP contribution is 2.06. The standard InChI is InChI=1S/C19H24N4O2.2ClH/c1-19(2,20)13-22-18(25)16(11-14-7-4-3-5-8-14)23-17(24)15-9-6-10-21-12-15;;/h3-10,12,16H,11,13,20H2,1-2H3,(H,22,25)(H,23,24);2*1H. The van der Waals surface area contributed by atoms with E-state index in [-0.39, 0.29) is 36.6 Å². The predicted octanol–water partition coefficient (Wildman–Crippen LogP) is 2.12. The number of amides is 2. The van der Waals surface area contributed by atoms with E-state index in [1.807, 2.05) is 44.2 Å². The van der Waals surface area contributed by atoms with Gasteiger partial charge >= 0.3 is 0 Å². The molecule has 148 valence electrons. The molecule has 1 heterocycles. The third-order valence-corrected chi connectivity index (χ3v) is 3.55. The number of carbonyl (C=O) groups is 2. The van der Waals surface area contributed by atoms with E-state index >= 15 is 0 Å². The molecule has 2 amide bonds. The average molecular weight is 413 g/mol. The molecule has 6 nitrogen and oxygen atoms in total. The first-order chi connectivity index (χ1) is 11.8. The Hall–Kier alpha value is -2.15. The third kappa shape index (κ3) is 8.86. The minimum atomic E-state index is -0.697. The number of nitrogens with two attached hydrogens (primary N) is 1. The van der Waals surface area contributed by atoms with E-state index in [0.29, 0.717) is 18.5 Å². The summed E-state index contributed by atoms with van der Waals surface area (Å²) in [5.74, 6) is -0.601. The second kappa shape index (κ2) is 11.5. The normalized spacial score (nSPS) is 11.4. The van der Waals surface area contributed by atoms with E-state index in [1.165, 1.54) is 6.20 Å². The lowest BCUT2D eigenvalue weighted by Gasteiger charge is -2.23. The lowest BCUT2D eigenvalue weighted by molar-refractivity contribution is -0.123. The van der Waals surface area contributed by atoms with E-state index < -0.39 is 11.6 Å². The molecule has 0 spiro atoms. The summed E-state index contributed by atoms with van der Waals surface area (Å²) in [7, 11) is 0. The van der Waals surface area contributed by atoms with Crippen molar-refractivity contribution in [3.8, 4) is 0 Å². The van der Waals surface area contributed by atoms with Gasteiger partial charge in [0.15, 0.2) is 0 Å². The van der Waals surface area contributed by atoms with Gasteiger partial charge in [-0.25, -0.2) is 0 Å². The summed E-state index contributed by atoms with van der Waals surface area (Å²) in [5.41, 5.74) is 6.76. The van der Waals surface area contributed by atoms with Crippen molar-refractivity contribution in [2.45, 2.75) is 31.8 Å². The molecular weight excluding hydrogens is 387 g/mol. The van der Waals surface area contributed by atoms with E-state index in [1.54, 1.807) is 18.3 Å². The molecule has 4 N–H and O–H groups in total. The molecule has 0 bridgehead atoms. The summed E-state index contributed by atoms with van der Waals surface area (Å²) in [4.78, 5) is 28.9. The Labute approximate surface area is 172 Å². The van der Waals surface area contributed by atoms with Crippen LogP contribution in [0.3, 0.4) is 0 Å². The molecule has 0 aliphatic rings. The molecule has 0 aliphatic carbocycles. The van der Waals surface area contributed by atoms with Crippen molar-refractivity contribution in [3.63, 3.8) is 0 Å². The molecule has 0 saturated carbocycles. The molecule has 2 aromatic rings. The van der Waals surface area contributed by atoms with Crippen LogP contribution in [0.25, 0.3) is 0 Å². The lowest BCUT2D eigenvalue weighted by Crippen LogP contribution is -2.52. The molecule has 2 rings (SSSR count). The number of hydrogen-bond donors (Lipinski definition) is 3. The largest absolute Gasteiger partial charge is 0.352 e. The van der Waals surface area contributed by atoms with Gasteiger partial charge < -0.3 is 16.4 Å². The Bertz CT molecular complexity index is 707. The quantitative estimate of drug-likeness (QED) is 0.648. The summed E-state index contributed by atoms with van der Waals surface area (Å²) < 4.78 is 0. The molecule has 1 atom stereocenters. The van der Waals surface area contributed by atoms with Crippen molar-refractivity contribution in [1.29, 1.82) is 0 Å². The minimum absolute atomic E-state index is 0. The summed E-state index contributed by atoms with van der Waals surface area (Å²) >= 11 is 0. The van der Waals surface area contributed by atoms with Crippen molar-refractivity contribution in [2.24, 2.45) is 5.73 Å². The third-order valence-electron chi connectivity index (χ3n) is 3.55. The highest BCUT2D eigenvalue weighted by atomic mass is 35.5. The van der Waals surface area contributed by atoms with E-state index in [0.717, 1.165) is 5.56 Å². The smallest absolute Gasteiger partial charge is 0.253 e. The molecule has 1 aromatic heterocycles. The summed E-state index contributed by atoms with van der Waals surface area (Å²) in [5, 5.41) is 5.59. The summed E-state index contributed by atoms with van der Waals surface area (Å²) in [6, 6.07) is 12.2. The second-order valence-corrected chi connectivity index (χ2v) is 6.66. The van der Waals surface area contributed by atoms with Crippen LogP contribution in [-0.4, -0.2) is 34.9 Å². The number of nitrogens with zero attached hydrogens (tertiary/aromatic N) is 1. The Morgan fingerprint density at radius 1 is 1.11 bits per heavy atom. The maximum absolute atomic E-state index is 12.6. The van der Waals surface area contributed by atoms with E-state index in [9.17, 15) is 9.59 Å². The number of carbonyl (C=O) groups excluding carboxylic acids is 2. The van der Waals surface area contributed by atoms with Crippen LogP contribution in [0.2, 0.25) is 0 Å². The Kier molecular flexibility index (Phi) is 10.6. The Morgan fingerprint density at radius 3 is 2.33 bits per heavy atom. The zero-order valence-corrected chi connectivity index (χ0v) is 17.0. The van der Waals surface area contributed by atoms with Crippen LogP contribution in [0.4, 0.5) is 0 Å². The van der Waals surface area contributed by atoms with Gasteiger partial charge in [0.2, 0.25) is 5.91 Å². The molecule has 0 saturated heterocycles. The highest BCUT2D eigenvalue weighted by molar-refractivity contribution is 5.97. The minimum Gasteiger partial charge on any atom is -0.352 e. The van der Waals surface area contributed by atoms with Crippen molar-refractivity contribution < 1.29 is 9.59 Å². The monoisotopic (exact) mass is 412 g/mol. The Morgan fingerprint density at radius 2 is 1.78 bits per heavy atom. The van der Waals surface area contributed by atoms with Crippen LogP contribution in [-0.2, 0) is 11.2 Å². The first-order valence-electron chi connectivity index (χ1n) is 8.16. The van der Waals surface area contributed by atoms with Gasteiger partial charge in [-0.05, 0) is 31.5 Å². The number of rotatable bonds is 7. The number of nitrogens with one attached hydrogen (secondary N) is 2. The van der Waals surface area contributed by atoms with Gasteiger partial charge in [0.05, 0.1) is 5.56 Å². The maximum Gasteiger partial charge on any atom is 0.253 e. The summed E-state index contributed by atoms with van der Waals surface area (Å²) in [6.07, 6.45) is 3.45. The second-order valence-electron chi connectivity index (χ2n) is 6.66. The average Bonchev–Trinajstić information content (AvgIpc) is 2.60. The first kappa shape index (κ1) is 24.8. The van der Waals surface area contributed by atoms with Crippen LogP contribution in [0.1, 0.15) is 29.8 Å². The SMILES string of the molecule is CC(C)(N)CNC(=O)C(Cc1ccccc1)NC(=O)c1cccnc1.Cl.Cl. The molecule has 1 aromatic carbocycles. The van der Waals surface area contributed by atoms with Crippen LogP contribution in [0.15, 0.2) is 54.9 Å². The molecule has 1 unspecified atom stereocenters. The lowest BCUT2D eigenvalue weighted by atomic mass is 10.0. The van der Waals surface area contributed by atoms with Gasteiger partial charge in [0, 0.05) is 30.9 Å². The molecule has 8 heteroatoms. The van der Waals surface area contributed by atoms with Crippen molar-refractivity contribution in [1.82, 2.24) is 15.6 Å². The van der Waals surface area contributed by atoms with Crippen LogP contribution >= 0.6 is 24.8 Å². The number of hydrogen-bond acceptors (Lipinski definition) is 4. The van der Waals surface area contributed by atoms with Crippen LogP contribution < -0.4 is 16.4 Å². The zero-order valence-electron chi connectivity index (χ0n) is 15.3. The maximum atomic E-state index is 12.6. The topological polar surface area (TPSA) is 97.1 Å². The fourth-order valence-corrected chi connectivity index (χ4v) is 2.24. The number of halogens is 2. The van der Waals surface area contributed by atoms with Crippen molar-refractivity contribution in [3.05, 3.63) is 66.0 Å². The van der Waals surface area contributed by atoms with Gasteiger partial charge in [0.1, 0.15) is 6.04 Å². The fraction of sp³-hybridized carbons (Fsp3) is 0.316. The van der Waals surface area contributed by atoms with Crippen molar-refractivity contribution in [2.75, 3.05) is 6.54 Å². The number of benzene rings is 1. The number of aromatic nitrogens is 1. The summed E-state index contributed by atoms with van der Waals surface area (Å²) in [6.45, 7) is 3.97. The Balaban J connectivity index is 0.00000338. The fourth-order valence-electron chi connectivity index (χ4n) is 2.24. The predicted molar refractivity (Wildman–Crippen MR) is 111 cm³/mol. The molecule has 0 aliphatic heterocycles. The van der Waals surface area contributed by atoms with Gasteiger partial charge in [0.25, 0.3) is 5.91 Å². The van der Waals surface area contributed by atoms with Gasteiger partial charge in [-0.2, -0.15) is 0 Å².